The molecular weight excluding hydrogens is 156 g/mol. The first-order valence-electron chi connectivity index (χ1n) is 4.25. The average molecular weight is 172 g/mol. The summed E-state index contributed by atoms with van der Waals surface area (Å²) in [5, 5.41) is 11.9. The van der Waals surface area contributed by atoms with Gasteiger partial charge in [0.05, 0.1) is 6.42 Å². The summed E-state index contributed by atoms with van der Waals surface area (Å²) in [6.45, 7) is 3.81. The summed E-state index contributed by atoms with van der Waals surface area (Å²) in [7, 11) is 1.98. The van der Waals surface area contributed by atoms with Crippen LogP contribution in [0.3, 0.4) is 0 Å². The van der Waals surface area contributed by atoms with Crippen LogP contribution in [0.25, 0.3) is 0 Å². The van der Waals surface area contributed by atoms with Crippen molar-refractivity contribution in [1.29, 1.82) is 0 Å². The molecule has 0 aromatic heterocycles. The Morgan fingerprint density at radius 3 is 2.92 bits per heavy atom. The fourth-order valence-electron chi connectivity index (χ4n) is 1.57. The molecule has 0 bridgehead atoms. The van der Waals surface area contributed by atoms with Crippen LogP contribution in [0.1, 0.15) is 13.3 Å². The van der Waals surface area contributed by atoms with Crippen LogP contribution in [-0.2, 0) is 4.79 Å². The number of aliphatic carboxylic acids is 1. The molecule has 2 atom stereocenters. The number of likely N-dealkylation sites (N-methyl/N-ethyl adjacent to an activating group) is 1. The van der Waals surface area contributed by atoms with Crippen LogP contribution in [-0.4, -0.2) is 48.2 Å². The maximum atomic E-state index is 10.4. The van der Waals surface area contributed by atoms with Gasteiger partial charge in [0.25, 0.3) is 0 Å². The van der Waals surface area contributed by atoms with Crippen LogP contribution < -0.4 is 5.32 Å². The molecule has 4 heteroatoms. The Balaban J connectivity index is 2.39. The Morgan fingerprint density at radius 2 is 2.42 bits per heavy atom. The molecular formula is C8H16N2O2. The number of carboxylic acid groups (broad SMARTS) is 1. The predicted octanol–water partition coefficient (Wildman–Crippen LogP) is -0.247. The first-order valence-corrected chi connectivity index (χ1v) is 4.25. The quantitative estimate of drug-likeness (QED) is 0.603. The van der Waals surface area contributed by atoms with Crippen molar-refractivity contribution in [2.75, 3.05) is 20.1 Å². The van der Waals surface area contributed by atoms with E-state index in [1.807, 2.05) is 7.05 Å². The Bertz CT molecular complexity index is 172. The number of rotatable bonds is 2. The largest absolute Gasteiger partial charge is 0.481 e. The van der Waals surface area contributed by atoms with Crippen molar-refractivity contribution in [1.82, 2.24) is 10.2 Å². The lowest BCUT2D eigenvalue weighted by Crippen LogP contribution is -2.54. The fraction of sp³-hybridized carbons (Fsp3) is 0.875. The van der Waals surface area contributed by atoms with Crippen LogP contribution in [0.4, 0.5) is 0 Å². The third-order valence-electron chi connectivity index (χ3n) is 2.30. The third kappa shape index (κ3) is 2.46. The summed E-state index contributed by atoms with van der Waals surface area (Å²) in [5.41, 5.74) is 0. The Kier molecular flexibility index (Phi) is 3.05. The molecule has 0 saturated carbocycles. The van der Waals surface area contributed by atoms with Crippen molar-refractivity contribution in [2.45, 2.75) is 25.4 Å². The monoisotopic (exact) mass is 172 g/mol. The molecule has 0 unspecified atom stereocenters. The van der Waals surface area contributed by atoms with Gasteiger partial charge in [-0.25, -0.2) is 0 Å². The van der Waals surface area contributed by atoms with Gasteiger partial charge < -0.3 is 15.3 Å². The number of hydrogen-bond donors (Lipinski definition) is 2. The highest BCUT2D eigenvalue weighted by atomic mass is 16.4. The van der Waals surface area contributed by atoms with Crippen molar-refractivity contribution < 1.29 is 9.90 Å². The zero-order valence-corrected chi connectivity index (χ0v) is 7.58. The van der Waals surface area contributed by atoms with Crippen LogP contribution in [0.15, 0.2) is 0 Å². The summed E-state index contributed by atoms with van der Waals surface area (Å²) in [4.78, 5) is 12.5. The molecule has 0 spiro atoms. The normalized spacial score (nSPS) is 31.8. The van der Waals surface area contributed by atoms with Crippen molar-refractivity contribution in [3.63, 3.8) is 0 Å². The molecule has 0 radical (unpaired) electrons. The van der Waals surface area contributed by atoms with Crippen molar-refractivity contribution in [2.24, 2.45) is 0 Å². The van der Waals surface area contributed by atoms with Crippen molar-refractivity contribution in [3.8, 4) is 0 Å². The van der Waals surface area contributed by atoms with E-state index in [0.29, 0.717) is 6.04 Å². The second kappa shape index (κ2) is 3.87. The van der Waals surface area contributed by atoms with Crippen LogP contribution in [0.2, 0.25) is 0 Å². The van der Waals surface area contributed by atoms with Gasteiger partial charge in [0.2, 0.25) is 0 Å². The van der Waals surface area contributed by atoms with Gasteiger partial charge in [-0.05, 0) is 14.0 Å². The number of piperazine rings is 1. The SMILES string of the molecule is C[C@H]1CN(C)[C@H](CC(=O)O)CN1. The molecule has 4 nitrogen and oxygen atoms in total. The zero-order valence-electron chi connectivity index (χ0n) is 7.58. The molecule has 1 aliphatic heterocycles. The van der Waals surface area contributed by atoms with E-state index in [0.717, 1.165) is 13.1 Å². The summed E-state index contributed by atoms with van der Waals surface area (Å²) >= 11 is 0. The molecule has 1 aliphatic rings. The van der Waals surface area contributed by atoms with Crippen molar-refractivity contribution >= 4 is 5.97 Å². The van der Waals surface area contributed by atoms with Crippen LogP contribution in [0, 0.1) is 0 Å². The summed E-state index contributed by atoms with van der Waals surface area (Å²) in [6.07, 6.45) is 0.232. The maximum absolute atomic E-state index is 10.4. The minimum atomic E-state index is -0.719. The fourth-order valence-corrected chi connectivity index (χ4v) is 1.57. The summed E-state index contributed by atoms with van der Waals surface area (Å²) < 4.78 is 0. The van der Waals surface area contributed by atoms with E-state index in [2.05, 4.69) is 17.1 Å². The second-order valence-corrected chi connectivity index (χ2v) is 3.50. The predicted molar refractivity (Wildman–Crippen MR) is 46.1 cm³/mol. The smallest absolute Gasteiger partial charge is 0.304 e. The number of nitrogens with one attached hydrogen (secondary N) is 1. The molecule has 1 heterocycles. The number of hydrogen-bond acceptors (Lipinski definition) is 3. The molecule has 0 aliphatic carbocycles. The first-order chi connectivity index (χ1) is 5.59. The van der Waals surface area contributed by atoms with Gasteiger partial charge in [-0.1, -0.05) is 0 Å². The van der Waals surface area contributed by atoms with Crippen molar-refractivity contribution in [3.05, 3.63) is 0 Å². The highest BCUT2D eigenvalue weighted by Gasteiger charge is 2.24. The highest BCUT2D eigenvalue weighted by Crippen LogP contribution is 2.07. The third-order valence-corrected chi connectivity index (χ3v) is 2.30. The van der Waals surface area contributed by atoms with E-state index < -0.39 is 5.97 Å². The van der Waals surface area contributed by atoms with Gasteiger partial charge in [0, 0.05) is 25.2 Å². The molecule has 70 valence electrons. The Labute approximate surface area is 72.6 Å². The number of nitrogens with zero attached hydrogens (tertiary/aromatic N) is 1. The number of carboxylic acids is 1. The molecule has 0 amide bonds. The van der Waals surface area contributed by atoms with E-state index in [1.165, 1.54) is 0 Å². The lowest BCUT2D eigenvalue weighted by molar-refractivity contribution is -0.138. The minimum absolute atomic E-state index is 0.152. The summed E-state index contributed by atoms with van der Waals surface area (Å²) in [6, 6.07) is 0.624. The van der Waals surface area contributed by atoms with E-state index >= 15 is 0 Å². The van der Waals surface area contributed by atoms with Gasteiger partial charge in [0.1, 0.15) is 0 Å². The van der Waals surface area contributed by atoms with E-state index in [4.69, 9.17) is 5.11 Å². The Hall–Kier alpha value is -0.610. The zero-order chi connectivity index (χ0) is 9.14. The van der Waals surface area contributed by atoms with Gasteiger partial charge in [-0.2, -0.15) is 0 Å². The van der Waals surface area contributed by atoms with E-state index in [1.54, 1.807) is 0 Å². The van der Waals surface area contributed by atoms with Gasteiger partial charge in [-0.15, -0.1) is 0 Å². The van der Waals surface area contributed by atoms with Crippen LogP contribution in [0.5, 0.6) is 0 Å². The number of carbonyl (C=O) groups is 1. The topological polar surface area (TPSA) is 52.6 Å². The van der Waals surface area contributed by atoms with Gasteiger partial charge in [-0.3, -0.25) is 4.79 Å². The molecule has 0 aromatic carbocycles. The van der Waals surface area contributed by atoms with E-state index in [9.17, 15) is 4.79 Å². The van der Waals surface area contributed by atoms with Crippen LogP contribution >= 0.6 is 0 Å². The highest BCUT2D eigenvalue weighted by molar-refractivity contribution is 5.67. The molecule has 1 rings (SSSR count). The molecule has 12 heavy (non-hydrogen) atoms. The lowest BCUT2D eigenvalue weighted by Gasteiger charge is -2.35. The first kappa shape index (κ1) is 9.48. The standard InChI is InChI=1S/C8H16N2O2/c1-6-5-10(2)7(4-9-6)3-8(11)12/h6-7,9H,3-5H2,1-2H3,(H,11,12)/t6-,7+/m0/s1. The lowest BCUT2D eigenvalue weighted by atomic mass is 10.1. The summed E-state index contributed by atoms with van der Waals surface area (Å²) in [5.74, 6) is -0.719. The second-order valence-electron chi connectivity index (χ2n) is 3.50. The molecule has 2 N–H and O–H groups in total. The van der Waals surface area contributed by atoms with Gasteiger partial charge in [0.15, 0.2) is 0 Å². The maximum Gasteiger partial charge on any atom is 0.304 e. The Morgan fingerprint density at radius 1 is 1.75 bits per heavy atom. The van der Waals surface area contributed by atoms with E-state index in [-0.39, 0.29) is 12.5 Å². The van der Waals surface area contributed by atoms with Gasteiger partial charge >= 0.3 is 5.97 Å². The molecule has 1 fully saturated rings. The molecule has 0 aromatic rings. The molecule has 1 saturated heterocycles. The minimum Gasteiger partial charge on any atom is -0.481 e. The average Bonchev–Trinajstić information content (AvgIpc) is 1.94.